The first kappa shape index (κ1) is 23.5. The van der Waals surface area contributed by atoms with Gasteiger partial charge in [-0.2, -0.15) is 13.2 Å². The Morgan fingerprint density at radius 2 is 1.75 bits per heavy atom. The smallest absolute Gasteiger partial charge is 0.416 e. The zero-order chi connectivity index (χ0) is 23.6. The first-order valence-electron chi connectivity index (χ1n) is 10.1. The molecule has 0 aliphatic carbocycles. The molecule has 1 aliphatic heterocycles. The molecule has 1 heterocycles. The second kappa shape index (κ2) is 9.14. The van der Waals surface area contributed by atoms with Crippen LogP contribution in [-0.4, -0.2) is 22.9 Å². The van der Waals surface area contributed by atoms with Crippen LogP contribution in [0.2, 0.25) is 0 Å². The van der Waals surface area contributed by atoms with Gasteiger partial charge >= 0.3 is 12.1 Å². The zero-order valence-corrected chi connectivity index (χ0v) is 17.9. The van der Waals surface area contributed by atoms with E-state index in [1.165, 1.54) is 48.2 Å². The molecule has 0 saturated heterocycles. The van der Waals surface area contributed by atoms with Crippen molar-refractivity contribution in [1.82, 2.24) is 4.90 Å². The highest BCUT2D eigenvalue weighted by atomic mass is 19.4. The average Bonchev–Trinajstić information content (AvgIpc) is 2.70. The predicted molar refractivity (Wildman–Crippen MR) is 110 cm³/mol. The van der Waals surface area contributed by atoms with Gasteiger partial charge in [0, 0.05) is 23.6 Å². The Kier molecular flexibility index (Phi) is 6.71. The van der Waals surface area contributed by atoms with Crippen molar-refractivity contribution in [1.29, 1.82) is 0 Å². The maximum atomic E-state index is 14.2. The molecule has 1 atom stereocenters. The van der Waals surface area contributed by atoms with Crippen molar-refractivity contribution in [2.45, 2.75) is 51.9 Å². The van der Waals surface area contributed by atoms with Crippen molar-refractivity contribution < 1.29 is 31.9 Å². The summed E-state index contributed by atoms with van der Waals surface area (Å²) in [6.07, 6.45) is -5.55. The Labute approximate surface area is 183 Å². The van der Waals surface area contributed by atoms with Crippen LogP contribution in [0, 0.1) is 5.82 Å². The van der Waals surface area contributed by atoms with Gasteiger partial charge in [-0.1, -0.05) is 36.4 Å². The largest absolute Gasteiger partial charge is 0.460 e. The van der Waals surface area contributed by atoms with Crippen LogP contribution in [-0.2, 0) is 27.0 Å². The first-order valence-corrected chi connectivity index (χ1v) is 10.1. The minimum Gasteiger partial charge on any atom is -0.460 e. The lowest BCUT2D eigenvalue weighted by Crippen LogP contribution is -2.39. The summed E-state index contributed by atoms with van der Waals surface area (Å²) in [4.78, 5) is 27.2. The standard InChI is InChI=1S/C24H23F4NO3/c1-14(2)32-23(31)22-15(3)29(13-16-8-4-7-11-20(16)25)21(30)12-18(22)17-9-5-6-10-19(17)24(26,27)28/h4-11,14,18H,12-13H2,1-3H3. The number of benzene rings is 2. The molecule has 1 amide bonds. The number of carbonyl (C=O) groups excluding carboxylic acids is 2. The molecule has 0 saturated carbocycles. The molecular formula is C24H23F4NO3. The summed E-state index contributed by atoms with van der Waals surface area (Å²) in [5.41, 5.74) is -0.744. The van der Waals surface area contributed by atoms with E-state index in [-0.39, 0.29) is 35.4 Å². The number of esters is 1. The average molecular weight is 449 g/mol. The molecule has 0 aromatic heterocycles. The van der Waals surface area contributed by atoms with E-state index in [1.807, 2.05) is 0 Å². The van der Waals surface area contributed by atoms with Crippen LogP contribution in [0.1, 0.15) is 49.8 Å². The lowest BCUT2D eigenvalue weighted by atomic mass is 9.81. The summed E-state index contributed by atoms with van der Waals surface area (Å²) < 4.78 is 60.5. The van der Waals surface area contributed by atoms with Gasteiger partial charge in [0.05, 0.1) is 23.8 Å². The minimum atomic E-state index is -4.66. The Morgan fingerprint density at radius 1 is 1.12 bits per heavy atom. The highest BCUT2D eigenvalue weighted by Gasteiger charge is 2.42. The number of halogens is 4. The summed E-state index contributed by atoms with van der Waals surface area (Å²) in [6.45, 7) is 4.57. The number of carbonyl (C=O) groups is 2. The molecule has 0 radical (unpaired) electrons. The number of ether oxygens (including phenoxy) is 1. The summed E-state index contributed by atoms with van der Waals surface area (Å²) in [5.74, 6) is -2.97. The molecule has 170 valence electrons. The molecule has 3 rings (SSSR count). The van der Waals surface area contributed by atoms with Crippen molar-refractivity contribution in [3.63, 3.8) is 0 Å². The van der Waals surface area contributed by atoms with Gasteiger partial charge in [0.25, 0.3) is 0 Å². The summed E-state index contributed by atoms with van der Waals surface area (Å²) >= 11 is 0. The Hall–Kier alpha value is -3.16. The van der Waals surface area contributed by atoms with Crippen LogP contribution >= 0.6 is 0 Å². The summed E-state index contributed by atoms with van der Waals surface area (Å²) in [7, 11) is 0. The van der Waals surface area contributed by atoms with E-state index in [9.17, 15) is 27.2 Å². The van der Waals surface area contributed by atoms with E-state index in [1.54, 1.807) is 19.9 Å². The molecule has 2 aromatic carbocycles. The normalized spacial score (nSPS) is 17.2. The van der Waals surface area contributed by atoms with Gasteiger partial charge in [-0.15, -0.1) is 0 Å². The highest BCUT2D eigenvalue weighted by molar-refractivity contribution is 5.96. The Balaban J connectivity index is 2.14. The van der Waals surface area contributed by atoms with E-state index in [4.69, 9.17) is 4.74 Å². The SMILES string of the molecule is CC1=C(C(=O)OC(C)C)C(c2ccccc2C(F)(F)F)CC(=O)N1Cc1ccccc1F. The number of amides is 1. The van der Waals surface area contributed by atoms with E-state index in [0.717, 1.165) is 6.07 Å². The van der Waals surface area contributed by atoms with Crippen molar-refractivity contribution in [3.05, 3.63) is 82.3 Å². The van der Waals surface area contributed by atoms with E-state index in [0.29, 0.717) is 0 Å². The molecule has 0 spiro atoms. The predicted octanol–water partition coefficient (Wildman–Crippen LogP) is 5.59. The topological polar surface area (TPSA) is 46.6 Å². The lowest BCUT2D eigenvalue weighted by Gasteiger charge is -2.35. The van der Waals surface area contributed by atoms with Crippen LogP contribution < -0.4 is 0 Å². The van der Waals surface area contributed by atoms with Gasteiger partial charge < -0.3 is 9.64 Å². The number of alkyl halides is 3. The van der Waals surface area contributed by atoms with Crippen LogP contribution in [0.3, 0.4) is 0 Å². The maximum Gasteiger partial charge on any atom is 0.416 e. The third-order valence-electron chi connectivity index (χ3n) is 5.31. The molecular weight excluding hydrogens is 426 g/mol. The molecule has 2 aromatic rings. The number of hydrogen-bond donors (Lipinski definition) is 0. The second-order valence-corrected chi connectivity index (χ2v) is 7.87. The van der Waals surface area contributed by atoms with E-state index < -0.39 is 41.5 Å². The molecule has 4 nitrogen and oxygen atoms in total. The van der Waals surface area contributed by atoms with Crippen LogP contribution in [0.5, 0.6) is 0 Å². The fourth-order valence-electron chi connectivity index (χ4n) is 3.87. The first-order chi connectivity index (χ1) is 15.0. The van der Waals surface area contributed by atoms with Crippen molar-refractivity contribution in [2.75, 3.05) is 0 Å². The highest BCUT2D eigenvalue weighted by Crippen LogP contribution is 2.43. The summed E-state index contributed by atoms with van der Waals surface area (Å²) in [5, 5.41) is 0. The molecule has 0 N–H and O–H groups in total. The van der Waals surface area contributed by atoms with Gasteiger partial charge in [0.15, 0.2) is 0 Å². The Morgan fingerprint density at radius 3 is 2.38 bits per heavy atom. The van der Waals surface area contributed by atoms with Gasteiger partial charge in [-0.3, -0.25) is 4.79 Å². The fraction of sp³-hybridized carbons (Fsp3) is 0.333. The number of rotatable bonds is 5. The quantitative estimate of drug-likeness (QED) is 0.442. The van der Waals surface area contributed by atoms with E-state index >= 15 is 0 Å². The van der Waals surface area contributed by atoms with Crippen LogP contribution in [0.25, 0.3) is 0 Å². The second-order valence-electron chi connectivity index (χ2n) is 7.87. The summed E-state index contributed by atoms with van der Waals surface area (Å²) in [6, 6.07) is 10.8. The van der Waals surface area contributed by atoms with Gasteiger partial charge in [-0.25, -0.2) is 9.18 Å². The number of allylic oxidation sites excluding steroid dienone is 1. The maximum absolute atomic E-state index is 14.2. The molecule has 0 bridgehead atoms. The molecule has 8 heteroatoms. The zero-order valence-electron chi connectivity index (χ0n) is 17.9. The lowest BCUT2D eigenvalue weighted by molar-refractivity contribution is -0.145. The fourth-order valence-corrected chi connectivity index (χ4v) is 3.87. The van der Waals surface area contributed by atoms with Crippen LogP contribution in [0.4, 0.5) is 17.6 Å². The van der Waals surface area contributed by atoms with Crippen molar-refractivity contribution in [2.24, 2.45) is 0 Å². The monoisotopic (exact) mass is 449 g/mol. The third-order valence-corrected chi connectivity index (χ3v) is 5.31. The molecule has 0 fully saturated rings. The molecule has 1 unspecified atom stereocenters. The van der Waals surface area contributed by atoms with Crippen LogP contribution in [0.15, 0.2) is 59.8 Å². The van der Waals surface area contributed by atoms with Gasteiger partial charge in [0.2, 0.25) is 5.91 Å². The van der Waals surface area contributed by atoms with Gasteiger partial charge in [0.1, 0.15) is 5.82 Å². The van der Waals surface area contributed by atoms with Crippen molar-refractivity contribution >= 4 is 11.9 Å². The molecule has 32 heavy (non-hydrogen) atoms. The van der Waals surface area contributed by atoms with E-state index in [2.05, 4.69) is 0 Å². The Bertz CT molecular complexity index is 1060. The number of hydrogen-bond acceptors (Lipinski definition) is 3. The van der Waals surface area contributed by atoms with Crippen molar-refractivity contribution in [3.8, 4) is 0 Å². The minimum absolute atomic E-state index is 0.0358. The third kappa shape index (κ3) is 4.84. The van der Waals surface area contributed by atoms with Gasteiger partial charge in [-0.05, 0) is 38.5 Å². The molecule has 1 aliphatic rings. The number of nitrogens with zero attached hydrogens (tertiary/aromatic N) is 1.